The minimum Gasteiger partial charge on any atom is -0.462 e. The first-order valence-electron chi connectivity index (χ1n) is 7.49. The van der Waals surface area contributed by atoms with Crippen LogP contribution in [0.2, 0.25) is 0 Å². The normalized spacial score (nSPS) is 27.0. The van der Waals surface area contributed by atoms with Gasteiger partial charge in [0.25, 0.3) is 0 Å². The SMILES string of the molecule is CC1CCC(OC(=O)C2Cc3ccccc3C2)CC1. The van der Waals surface area contributed by atoms with E-state index in [1.807, 2.05) is 0 Å². The molecule has 0 spiro atoms. The maximum absolute atomic E-state index is 12.2. The van der Waals surface area contributed by atoms with Crippen LogP contribution in [-0.4, -0.2) is 12.1 Å². The summed E-state index contributed by atoms with van der Waals surface area (Å²) in [6.07, 6.45) is 6.38. The molecule has 0 radical (unpaired) electrons. The number of carbonyl (C=O) groups excluding carboxylic acids is 1. The molecule has 0 aliphatic heterocycles. The fraction of sp³-hybridized carbons (Fsp3) is 0.588. The van der Waals surface area contributed by atoms with Crippen LogP contribution in [0.25, 0.3) is 0 Å². The molecule has 2 nitrogen and oxygen atoms in total. The van der Waals surface area contributed by atoms with Crippen LogP contribution in [0.3, 0.4) is 0 Å². The average molecular weight is 258 g/mol. The lowest BCUT2D eigenvalue weighted by molar-refractivity contribution is -0.155. The number of esters is 1. The number of fused-ring (bicyclic) bond motifs is 1. The zero-order chi connectivity index (χ0) is 13.2. The highest BCUT2D eigenvalue weighted by Crippen LogP contribution is 2.30. The summed E-state index contributed by atoms with van der Waals surface area (Å²) >= 11 is 0. The van der Waals surface area contributed by atoms with Crippen molar-refractivity contribution >= 4 is 5.97 Å². The Kier molecular flexibility index (Phi) is 3.58. The molecule has 102 valence electrons. The second kappa shape index (κ2) is 5.36. The van der Waals surface area contributed by atoms with Gasteiger partial charge < -0.3 is 4.74 Å². The summed E-state index contributed by atoms with van der Waals surface area (Å²) in [6, 6.07) is 8.36. The van der Waals surface area contributed by atoms with E-state index in [2.05, 4.69) is 31.2 Å². The zero-order valence-corrected chi connectivity index (χ0v) is 11.6. The van der Waals surface area contributed by atoms with Crippen LogP contribution in [0.5, 0.6) is 0 Å². The first-order chi connectivity index (χ1) is 9.22. The summed E-state index contributed by atoms with van der Waals surface area (Å²) in [6.45, 7) is 2.28. The van der Waals surface area contributed by atoms with Gasteiger partial charge in [0.1, 0.15) is 6.10 Å². The van der Waals surface area contributed by atoms with Crippen molar-refractivity contribution in [1.29, 1.82) is 0 Å². The molecule has 0 saturated heterocycles. The van der Waals surface area contributed by atoms with Crippen LogP contribution < -0.4 is 0 Å². The van der Waals surface area contributed by atoms with Gasteiger partial charge >= 0.3 is 5.97 Å². The fourth-order valence-electron chi connectivity index (χ4n) is 3.33. The molecule has 0 bridgehead atoms. The molecular weight excluding hydrogens is 236 g/mol. The molecule has 1 saturated carbocycles. The van der Waals surface area contributed by atoms with Crippen molar-refractivity contribution in [2.45, 2.75) is 51.6 Å². The second-order valence-corrected chi connectivity index (χ2v) is 6.19. The molecule has 0 aromatic heterocycles. The van der Waals surface area contributed by atoms with Crippen molar-refractivity contribution in [2.24, 2.45) is 11.8 Å². The lowest BCUT2D eigenvalue weighted by Gasteiger charge is -2.27. The van der Waals surface area contributed by atoms with Gasteiger partial charge in [-0.05, 0) is 55.6 Å². The van der Waals surface area contributed by atoms with Gasteiger partial charge in [-0.15, -0.1) is 0 Å². The summed E-state index contributed by atoms with van der Waals surface area (Å²) < 4.78 is 5.72. The molecule has 0 heterocycles. The van der Waals surface area contributed by atoms with Crippen LogP contribution in [0.15, 0.2) is 24.3 Å². The molecule has 0 unspecified atom stereocenters. The van der Waals surface area contributed by atoms with Crippen molar-refractivity contribution in [3.8, 4) is 0 Å². The zero-order valence-electron chi connectivity index (χ0n) is 11.6. The van der Waals surface area contributed by atoms with E-state index >= 15 is 0 Å². The van der Waals surface area contributed by atoms with E-state index in [0.717, 1.165) is 31.6 Å². The molecule has 1 fully saturated rings. The summed E-state index contributed by atoms with van der Waals surface area (Å²) in [7, 11) is 0. The van der Waals surface area contributed by atoms with E-state index in [9.17, 15) is 4.79 Å². The van der Waals surface area contributed by atoms with Gasteiger partial charge in [0.2, 0.25) is 0 Å². The van der Waals surface area contributed by atoms with E-state index in [-0.39, 0.29) is 18.0 Å². The largest absolute Gasteiger partial charge is 0.462 e. The van der Waals surface area contributed by atoms with Gasteiger partial charge in [0, 0.05) is 0 Å². The molecule has 19 heavy (non-hydrogen) atoms. The highest BCUT2D eigenvalue weighted by molar-refractivity contribution is 5.74. The predicted molar refractivity (Wildman–Crippen MR) is 74.9 cm³/mol. The highest BCUT2D eigenvalue weighted by atomic mass is 16.5. The highest BCUT2D eigenvalue weighted by Gasteiger charge is 2.30. The molecular formula is C17H22O2. The van der Waals surface area contributed by atoms with Crippen LogP contribution in [-0.2, 0) is 22.4 Å². The quantitative estimate of drug-likeness (QED) is 0.759. The Bertz CT molecular complexity index is 433. The fourth-order valence-corrected chi connectivity index (χ4v) is 3.33. The molecule has 0 amide bonds. The van der Waals surface area contributed by atoms with Gasteiger partial charge in [-0.2, -0.15) is 0 Å². The molecule has 2 aliphatic rings. The van der Waals surface area contributed by atoms with Crippen molar-refractivity contribution < 1.29 is 9.53 Å². The summed E-state index contributed by atoms with van der Waals surface area (Å²) in [5.41, 5.74) is 2.64. The van der Waals surface area contributed by atoms with E-state index in [0.29, 0.717) is 0 Å². The molecule has 1 aromatic carbocycles. The van der Waals surface area contributed by atoms with Crippen LogP contribution in [0, 0.1) is 11.8 Å². The predicted octanol–water partition coefficient (Wildman–Crippen LogP) is 3.52. The molecule has 3 rings (SSSR count). The van der Waals surface area contributed by atoms with Crippen molar-refractivity contribution in [1.82, 2.24) is 0 Å². The first kappa shape index (κ1) is 12.7. The van der Waals surface area contributed by atoms with Gasteiger partial charge in [0.05, 0.1) is 5.92 Å². The van der Waals surface area contributed by atoms with Gasteiger partial charge in [-0.25, -0.2) is 0 Å². The monoisotopic (exact) mass is 258 g/mol. The van der Waals surface area contributed by atoms with Crippen molar-refractivity contribution in [3.05, 3.63) is 35.4 Å². The second-order valence-electron chi connectivity index (χ2n) is 6.19. The van der Waals surface area contributed by atoms with E-state index < -0.39 is 0 Å². The van der Waals surface area contributed by atoms with E-state index in [1.54, 1.807) is 0 Å². The number of carbonyl (C=O) groups is 1. The van der Waals surface area contributed by atoms with Crippen molar-refractivity contribution in [2.75, 3.05) is 0 Å². The third-order valence-electron chi connectivity index (χ3n) is 4.63. The molecule has 0 atom stereocenters. The number of benzene rings is 1. The number of hydrogen-bond acceptors (Lipinski definition) is 2. The van der Waals surface area contributed by atoms with Crippen molar-refractivity contribution in [3.63, 3.8) is 0 Å². The van der Waals surface area contributed by atoms with Gasteiger partial charge in [0.15, 0.2) is 0 Å². The topological polar surface area (TPSA) is 26.3 Å². The maximum Gasteiger partial charge on any atom is 0.309 e. The smallest absolute Gasteiger partial charge is 0.309 e. The van der Waals surface area contributed by atoms with Crippen LogP contribution >= 0.6 is 0 Å². The summed E-state index contributed by atoms with van der Waals surface area (Å²) in [4.78, 5) is 12.2. The Morgan fingerprint density at radius 3 is 2.21 bits per heavy atom. The Labute approximate surface area is 115 Å². The Morgan fingerprint density at radius 1 is 1.05 bits per heavy atom. The Balaban J connectivity index is 1.55. The van der Waals surface area contributed by atoms with Crippen LogP contribution in [0.1, 0.15) is 43.7 Å². The lowest BCUT2D eigenvalue weighted by Crippen LogP contribution is -2.27. The maximum atomic E-state index is 12.2. The van der Waals surface area contributed by atoms with Crippen LogP contribution in [0.4, 0.5) is 0 Å². The van der Waals surface area contributed by atoms with Gasteiger partial charge in [-0.1, -0.05) is 31.2 Å². The number of ether oxygens (including phenoxy) is 1. The minimum atomic E-state index is 0.0238. The Hall–Kier alpha value is -1.31. The molecule has 2 aliphatic carbocycles. The molecule has 2 heteroatoms. The lowest BCUT2D eigenvalue weighted by atomic mass is 9.89. The average Bonchev–Trinajstić information content (AvgIpc) is 2.85. The molecule has 1 aromatic rings. The standard InChI is InChI=1S/C17H22O2/c1-12-6-8-16(9-7-12)19-17(18)15-10-13-4-2-3-5-14(13)11-15/h2-5,12,15-16H,6-11H2,1H3. The third-order valence-corrected chi connectivity index (χ3v) is 4.63. The first-order valence-corrected chi connectivity index (χ1v) is 7.49. The number of rotatable bonds is 2. The number of hydrogen-bond donors (Lipinski definition) is 0. The van der Waals surface area contributed by atoms with E-state index in [1.165, 1.54) is 24.0 Å². The Morgan fingerprint density at radius 2 is 1.63 bits per heavy atom. The summed E-state index contributed by atoms with van der Waals surface area (Å²) in [5, 5.41) is 0. The molecule has 0 N–H and O–H groups in total. The minimum absolute atomic E-state index is 0.0238. The summed E-state index contributed by atoms with van der Waals surface area (Å²) in [5.74, 6) is 0.873. The van der Waals surface area contributed by atoms with E-state index in [4.69, 9.17) is 4.74 Å². The third kappa shape index (κ3) is 2.83. The van der Waals surface area contributed by atoms with Gasteiger partial charge in [-0.3, -0.25) is 4.79 Å².